The first-order valence-electron chi connectivity index (χ1n) is 8.39. The summed E-state index contributed by atoms with van der Waals surface area (Å²) in [6.45, 7) is 5.70. The molecule has 1 N–H and O–H groups in total. The van der Waals surface area contributed by atoms with Crippen LogP contribution in [0.1, 0.15) is 39.0 Å². The highest BCUT2D eigenvalue weighted by Gasteiger charge is 2.19. The highest BCUT2D eigenvalue weighted by Crippen LogP contribution is 2.08. The number of rotatable bonds is 9. The Labute approximate surface area is 137 Å². The summed E-state index contributed by atoms with van der Waals surface area (Å²) in [5.41, 5.74) is 0. The summed E-state index contributed by atoms with van der Waals surface area (Å²) in [5, 5.41) is 6.29. The third kappa shape index (κ3) is 6.02. The van der Waals surface area contributed by atoms with Crippen molar-refractivity contribution in [2.45, 2.75) is 39.0 Å². The van der Waals surface area contributed by atoms with Gasteiger partial charge in [-0.2, -0.15) is 0 Å². The van der Waals surface area contributed by atoms with Crippen LogP contribution in [0.15, 0.2) is 16.9 Å². The van der Waals surface area contributed by atoms with Crippen LogP contribution in [0.2, 0.25) is 0 Å². The van der Waals surface area contributed by atoms with E-state index in [-0.39, 0.29) is 18.4 Å². The third-order valence-corrected chi connectivity index (χ3v) is 4.02. The Morgan fingerprint density at radius 3 is 2.83 bits per heavy atom. The molecule has 0 spiro atoms. The predicted octanol–water partition coefficient (Wildman–Crippen LogP) is 1.73. The van der Waals surface area contributed by atoms with Crippen molar-refractivity contribution >= 4 is 17.6 Å². The van der Waals surface area contributed by atoms with Crippen molar-refractivity contribution in [2.24, 2.45) is 0 Å². The van der Waals surface area contributed by atoms with Gasteiger partial charge in [-0.05, 0) is 32.4 Å². The van der Waals surface area contributed by atoms with E-state index in [0.29, 0.717) is 18.8 Å². The van der Waals surface area contributed by atoms with E-state index in [4.69, 9.17) is 0 Å². The topological polar surface area (TPSA) is 78.7 Å². The molecule has 0 aromatic carbocycles. The van der Waals surface area contributed by atoms with E-state index in [1.54, 1.807) is 11.0 Å². The molecule has 2 rings (SSSR count). The normalized spacial score (nSPS) is 14.8. The molecule has 7 nitrogen and oxygen atoms in total. The number of carbonyl (C=O) groups excluding carboxylic acids is 2. The van der Waals surface area contributed by atoms with Crippen molar-refractivity contribution in [1.29, 1.82) is 0 Å². The number of hydrogen-bond acceptors (Lipinski definition) is 5. The Kier molecular flexibility index (Phi) is 7.06. The molecule has 0 bridgehead atoms. The molecule has 7 heteroatoms. The van der Waals surface area contributed by atoms with Crippen LogP contribution in [0.25, 0.3) is 0 Å². The average molecular weight is 322 g/mol. The highest BCUT2D eigenvalue weighted by molar-refractivity contribution is 5.93. The van der Waals surface area contributed by atoms with E-state index >= 15 is 0 Å². The lowest BCUT2D eigenvalue weighted by molar-refractivity contribution is -0.135. The fraction of sp³-hybridized carbons (Fsp3) is 0.688. The molecule has 1 aliphatic heterocycles. The van der Waals surface area contributed by atoms with Crippen LogP contribution in [0.5, 0.6) is 0 Å². The average Bonchev–Trinajstić information content (AvgIpc) is 3.22. The molecule has 1 saturated heterocycles. The number of amides is 2. The second-order valence-electron chi connectivity index (χ2n) is 5.90. The number of likely N-dealkylation sites (tertiary alicyclic amines) is 1. The molecule has 1 fully saturated rings. The van der Waals surface area contributed by atoms with Gasteiger partial charge in [-0.15, -0.1) is 0 Å². The number of hydrogen-bond donors (Lipinski definition) is 1. The standard InChI is InChI=1S/C16H26N4O3/c1-2-3-6-16(22)20(11-10-19-8-4-5-9-19)13-15(21)17-14-7-12-23-18-14/h7,12H,2-6,8-11,13H2,1H3,(H,17,18,21). The quantitative estimate of drug-likeness (QED) is 0.749. The highest BCUT2D eigenvalue weighted by atomic mass is 16.5. The number of unbranched alkanes of at least 4 members (excludes halogenated alkanes) is 1. The maximum Gasteiger partial charge on any atom is 0.245 e. The molecule has 1 aromatic rings. The third-order valence-electron chi connectivity index (χ3n) is 4.02. The fourth-order valence-electron chi connectivity index (χ4n) is 2.68. The SMILES string of the molecule is CCCCC(=O)N(CCN1CCCC1)CC(=O)Nc1ccon1. The fourth-order valence-corrected chi connectivity index (χ4v) is 2.68. The minimum absolute atomic E-state index is 0.0429. The number of carbonyl (C=O) groups is 2. The van der Waals surface area contributed by atoms with Crippen molar-refractivity contribution in [3.63, 3.8) is 0 Å². The van der Waals surface area contributed by atoms with E-state index in [1.807, 2.05) is 0 Å². The summed E-state index contributed by atoms with van der Waals surface area (Å²) in [7, 11) is 0. The minimum atomic E-state index is -0.245. The predicted molar refractivity (Wildman–Crippen MR) is 86.9 cm³/mol. The van der Waals surface area contributed by atoms with Crippen molar-refractivity contribution in [3.8, 4) is 0 Å². The lowest BCUT2D eigenvalue weighted by atomic mass is 10.2. The molecule has 0 saturated carbocycles. The second kappa shape index (κ2) is 9.29. The maximum absolute atomic E-state index is 12.3. The van der Waals surface area contributed by atoms with Crippen LogP contribution in [0.3, 0.4) is 0 Å². The second-order valence-corrected chi connectivity index (χ2v) is 5.90. The summed E-state index contributed by atoms with van der Waals surface area (Å²) in [4.78, 5) is 28.4. The zero-order valence-electron chi connectivity index (χ0n) is 13.8. The van der Waals surface area contributed by atoms with Gasteiger partial charge in [0.1, 0.15) is 6.26 Å². The van der Waals surface area contributed by atoms with E-state index in [0.717, 1.165) is 32.5 Å². The van der Waals surface area contributed by atoms with Gasteiger partial charge >= 0.3 is 0 Å². The molecule has 0 radical (unpaired) electrons. The number of nitrogens with zero attached hydrogens (tertiary/aromatic N) is 3. The Morgan fingerprint density at radius 2 is 2.17 bits per heavy atom. The number of aromatic nitrogens is 1. The Morgan fingerprint density at radius 1 is 1.39 bits per heavy atom. The first-order chi connectivity index (χ1) is 11.2. The zero-order chi connectivity index (χ0) is 16.5. The van der Waals surface area contributed by atoms with Crippen molar-refractivity contribution in [2.75, 3.05) is 38.0 Å². The van der Waals surface area contributed by atoms with E-state index in [2.05, 4.69) is 26.8 Å². The van der Waals surface area contributed by atoms with Gasteiger partial charge in [0, 0.05) is 25.6 Å². The van der Waals surface area contributed by atoms with Crippen LogP contribution in [0.4, 0.5) is 5.82 Å². The Balaban J connectivity index is 1.85. The lowest BCUT2D eigenvalue weighted by Gasteiger charge is -2.25. The monoisotopic (exact) mass is 322 g/mol. The molecular weight excluding hydrogens is 296 g/mol. The van der Waals surface area contributed by atoms with Gasteiger partial charge in [-0.25, -0.2) is 0 Å². The molecule has 2 heterocycles. The van der Waals surface area contributed by atoms with Gasteiger partial charge in [-0.1, -0.05) is 18.5 Å². The van der Waals surface area contributed by atoms with E-state index < -0.39 is 0 Å². The first-order valence-corrected chi connectivity index (χ1v) is 8.39. The molecule has 128 valence electrons. The Bertz CT molecular complexity index is 484. The lowest BCUT2D eigenvalue weighted by Crippen LogP contribution is -2.42. The summed E-state index contributed by atoms with van der Waals surface area (Å²) in [6.07, 6.45) is 6.15. The molecular formula is C16H26N4O3. The molecule has 23 heavy (non-hydrogen) atoms. The van der Waals surface area contributed by atoms with Crippen LogP contribution >= 0.6 is 0 Å². The molecule has 2 amide bonds. The van der Waals surface area contributed by atoms with Crippen molar-refractivity contribution < 1.29 is 14.1 Å². The maximum atomic E-state index is 12.3. The number of nitrogens with one attached hydrogen (secondary N) is 1. The van der Waals surface area contributed by atoms with Gasteiger partial charge in [0.2, 0.25) is 11.8 Å². The van der Waals surface area contributed by atoms with Crippen LogP contribution in [-0.4, -0.2) is 59.5 Å². The van der Waals surface area contributed by atoms with Gasteiger partial charge in [0.05, 0.1) is 6.54 Å². The van der Waals surface area contributed by atoms with Crippen LogP contribution in [-0.2, 0) is 9.59 Å². The molecule has 0 atom stereocenters. The minimum Gasteiger partial charge on any atom is -0.363 e. The van der Waals surface area contributed by atoms with Gasteiger partial charge in [-0.3, -0.25) is 9.59 Å². The summed E-state index contributed by atoms with van der Waals surface area (Å²) < 4.78 is 4.68. The first kappa shape index (κ1) is 17.5. The van der Waals surface area contributed by atoms with Crippen LogP contribution in [0, 0.1) is 0 Å². The Hall–Kier alpha value is -1.89. The van der Waals surface area contributed by atoms with Gasteiger partial charge < -0.3 is 19.6 Å². The summed E-state index contributed by atoms with van der Waals surface area (Å²) in [5.74, 6) is 0.169. The van der Waals surface area contributed by atoms with Crippen LogP contribution < -0.4 is 5.32 Å². The molecule has 1 aromatic heterocycles. The largest absolute Gasteiger partial charge is 0.363 e. The van der Waals surface area contributed by atoms with E-state index in [1.165, 1.54) is 19.1 Å². The van der Waals surface area contributed by atoms with Gasteiger partial charge in [0.25, 0.3) is 0 Å². The summed E-state index contributed by atoms with van der Waals surface area (Å²) in [6, 6.07) is 1.57. The smallest absolute Gasteiger partial charge is 0.245 e. The molecule has 0 unspecified atom stereocenters. The van der Waals surface area contributed by atoms with E-state index in [9.17, 15) is 9.59 Å². The number of anilines is 1. The van der Waals surface area contributed by atoms with Crippen molar-refractivity contribution in [3.05, 3.63) is 12.3 Å². The van der Waals surface area contributed by atoms with Crippen molar-refractivity contribution in [1.82, 2.24) is 15.0 Å². The summed E-state index contributed by atoms with van der Waals surface area (Å²) >= 11 is 0. The van der Waals surface area contributed by atoms with Gasteiger partial charge in [0.15, 0.2) is 5.82 Å². The zero-order valence-corrected chi connectivity index (χ0v) is 13.8. The molecule has 0 aliphatic carbocycles. The molecule has 1 aliphatic rings.